The Morgan fingerprint density at radius 1 is 1.57 bits per heavy atom. The van der Waals surface area contributed by atoms with E-state index in [1.807, 2.05) is 18.4 Å². The molecule has 1 N–H and O–H groups in total. The van der Waals surface area contributed by atoms with E-state index in [9.17, 15) is 0 Å². The first kappa shape index (κ1) is 11.4. The van der Waals surface area contributed by atoms with Crippen molar-refractivity contribution in [2.24, 2.45) is 0 Å². The number of aromatic nitrogens is 3. The molecule has 0 unspecified atom stereocenters. The van der Waals surface area contributed by atoms with Crippen LogP contribution >= 0.6 is 12.2 Å². The summed E-state index contributed by atoms with van der Waals surface area (Å²) in [5, 5.41) is 6.91. The molecule has 0 spiro atoms. The molecule has 0 atom stereocenters. The van der Waals surface area contributed by atoms with Crippen LogP contribution in [0.15, 0.2) is 0 Å². The van der Waals surface area contributed by atoms with Gasteiger partial charge in [0.1, 0.15) is 6.61 Å². The summed E-state index contributed by atoms with van der Waals surface area (Å²) in [5.41, 5.74) is 0. The van der Waals surface area contributed by atoms with Crippen LogP contribution < -0.4 is 0 Å². The van der Waals surface area contributed by atoms with Gasteiger partial charge in [0.05, 0.1) is 6.10 Å². The molecule has 14 heavy (non-hydrogen) atoms. The van der Waals surface area contributed by atoms with Crippen LogP contribution in [0.1, 0.15) is 33.0 Å². The SMILES string of the molecule is CCCn1c(COC(C)C)n[nH]c1=S. The Labute approximate surface area is 89.3 Å². The maximum Gasteiger partial charge on any atom is 0.195 e. The molecular weight excluding hydrogens is 198 g/mol. The van der Waals surface area contributed by atoms with E-state index in [1.165, 1.54) is 0 Å². The number of nitrogens with one attached hydrogen (secondary N) is 1. The summed E-state index contributed by atoms with van der Waals surface area (Å²) in [5.74, 6) is 0.880. The van der Waals surface area contributed by atoms with Crippen molar-refractivity contribution in [3.8, 4) is 0 Å². The second-order valence-electron chi connectivity index (χ2n) is 3.46. The van der Waals surface area contributed by atoms with Gasteiger partial charge in [0.25, 0.3) is 0 Å². The molecule has 1 heterocycles. The fraction of sp³-hybridized carbons (Fsp3) is 0.778. The third-order valence-corrected chi connectivity index (χ3v) is 2.14. The smallest absolute Gasteiger partial charge is 0.195 e. The first-order valence-corrected chi connectivity index (χ1v) is 5.31. The van der Waals surface area contributed by atoms with Crippen LogP contribution in [0.4, 0.5) is 0 Å². The fourth-order valence-corrected chi connectivity index (χ4v) is 1.40. The van der Waals surface area contributed by atoms with Crippen LogP contribution in [0, 0.1) is 4.77 Å². The molecule has 0 radical (unpaired) electrons. The van der Waals surface area contributed by atoms with Gasteiger partial charge in [-0.1, -0.05) is 6.92 Å². The molecule has 0 aliphatic heterocycles. The molecule has 5 heteroatoms. The molecule has 0 fully saturated rings. The predicted molar refractivity (Wildman–Crippen MR) is 57.6 cm³/mol. The molecule has 0 saturated heterocycles. The molecule has 80 valence electrons. The predicted octanol–water partition coefficient (Wildman–Crippen LogP) is 2.28. The molecule has 1 aromatic rings. The number of hydrogen-bond acceptors (Lipinski definition) is 3. The zero-order valence-corrected chi connectivity index (χ0v) is 9.73. The van der Waals surface area contributed by atoms with Crippen molar-refractivity contribution in [2.45, 2.75) is 46.4 Å². The summed E-state index contributed by atoms with van der Waals surface area (Å²) in [6, 6.07) is 0. The van der Waals surface area contributed by atoms with E-state index in [-0.39, 0.29) is 6.10 Å². The summed E-state index contributed by atoms with van der Waals surface area (Å²) in [7, 11) is 0. The van der Waals surface area contributed by atoms with Gasteiger partial charge < -0.3 is 9.30 Å². The van der Waals surface area contributed by atoms with E-state index in [2.05, 4.69) is 17.1 Å². The summed E-state index contributed by atoms with van der Waals surface area (Å²) in [6.45, 7) is 7.54. The van der Waals surface area contributed by atoms with Crippen molar-refractivity contribution >= 4 is 12.2 Å². The Kier molecular flexibility index (Phi) is 4.28. The van der Waals surface area contributed by atoms with Gasteiger partial charge in [0, 0.05) is 6.54 Å². The minimum atomic E-state index is 0.218. The van der Waals surface area contributed by atoms with Crippen molar-refractivity contribution < 1.29 is 4.74 Å². The third-order valence-electron chi connectivity index (χ3n) is 1.83. The Balaban J connectivity index is 2.70. The summed E-state index contributed by atoms with van der Waals surface area (Å²) in [6.07, 6.45) is 1.26. The fourth-order valence-electron chi connectivity index (χ4n) is 1.16. The standard InChI is InChI=1S/C9H17N3OS/c1-4-5-12-8(6-13-7(2)3)10-11-9(12)14/h7H,4-6H2,1-3H3,(H,11,14). The molecule has 0 bridgehead atoms. The van der Waals surface area contributed by atoms with E-state index < -0.39 is 0 Å². The lowest BCUT2D eigenvalue weighted by Gasteiger charge is -2.08. The minimum Gasteiger partial charge on any atom is -0.371 e. The second-order valence-corrected chi connectivity index (χ2v) is 3.84. The van der Waals surface area contributed by atoms with Crippen molar-refractivity contribution in [2.75, 3.05) is 0 Å². The van der Waals surface area contributed by atoms with E-state index in [0.717, 1.165) is 18.8 Å². The Hall–Kier alpha value is -0.680. The monoisotopic (exact) mass is 215 g/mol. The highest BCUT2D eigenvalue weighted by atomic mass is 32.1. The van der Waals surface area contributed by atoms with Crippen LogP contribution in [-0.2, 0) is 17.9 Å². The Morgan fingerprint density at radius 3 is 2.86 bits per heavy atom. The Morgan fingerprint density at radius 2 is 2.29 bits per heavy atom. The number of hydrogen-bond donors (Lipinski definition) is 1. The minimum absolute atomic E-state index is 0.218. The van der Waals surface area contributed by atoms with Gasteiger partial charge >= 0.3 is 0 Å². The number of nitrogens with zero attached hydrogens (tertiary/aromatic N) is 2. The number of H-pyrrole nitrogens is 1. The molecule has 0 aliphatic rings. The Bertz CT molecular complexity index is 329. The molecule has 0 aliphatic carbocycles. The van der Waals surface area contributed by atoms with Crippen LogP contribution in [0.2, 0.25) is 0 Å². The second kappa shape index (κ2) is 5.26. The molecule has 0 saturated carbocycles. The third kappa shape index (κ3) is 2.92. The molecule has 4 nitrogen and oxygen atoms in total. The van der Waals surface area contributed by atoms with Gasteiger partial charge in [-0.3, -0.25) is 5.10 Å². The van der Waals surface area contributed by atoms with Gasteiger partial charge in [0.2, 0.25) is 0 Å². The van der Waals surface area contributed by atoms with Gasteiger partial charge in [-0.2, -0.15) is 5.10 Å². The topological polar surface area (TPSA) is 42.8 Å². The van der Waals surface area contributed by atoms with E-state index in [4.69, 9.17) is 17.0 Å². The number of aromatic amines is 1. The van der Waals surface area contributed by atoms with Gasteiger partial charge in [-0.05, 0) is 32.5 Å². The quantitative estimate of drug-likeness (QED) is 0.766. The van der Waals surface area contributed by atoms with Gasteiger partial charge in [-0.15, -0.1) is 0 Å². The highest BCUT2D eigenvalue weighted by molar-refractivity contribution is 7.71. The van der Waals surface area contributed by atoms with E-state index >= 15 is 0 Å². The lowest BCUT2D eigenvalue weighted by Crippen LogP contribution is -2.09. The largest absolute Gasteiger partial charge is 0.371 e. The summed E-state index contributed by atoms with van der Waals surface area (Å²) >= 11 is 5.11. The van der Waals surface area contributed by atoms with Gasteiger partial charge in [0.15, 0.2) is 10.6 Å². The molecule has 1 aromatic heterocycles. The highest BCUT2D eigenvalue weighted by Gasteiger charge is 2.05. The van der Waals surface area contributed by atoms with Crippen molar-refractivity contribution in [3.05, 3.63) is 10.6 Å². The summed E-state index contributed by atoms with van der Waals surface area (Å²) in [4.78, 5) is 0. The lowest BCUT2D eigenvalue weighted by molar-refractivity contribution is 0.0592. The molecule has 1 rings (SSSR count). The average Bonchev–Trinajstić information content (AvgIpc) is 2.46. The average molecular weight is 215 g/mol. The number of ether oxygens (including phenoxy) is 1. The first-order valence-electron chi connectivity index (χ1n) is 4.90. The lowest BCUT2D eigenvalue weighted by atomic mass is 10.4. The van der Waals surface area contributed by atoms with Crippen LogP contribution in [0.5, 0.6) is 0 Å². The number of rotatable bonds is 5. The summed E-state index contributed by atoms with van der Waals surface area (Å²) < 4.78 is 8.14. The van der Waals surface area contributed by atoms with Crippen LogP contribution in [-0.4, -0.2) is 20.9 Å². The first-order chi connectivity index (χ1) is 6.65. The van der Waals surface area contributed by atoms with E-state index in [0.29, 0.717) is 11.4 Å². The van der Waals surface area contributed by atoms with Crippen LogP contribution in [0.3, 0.4) is 0 Å². The molecule has 0 aromatic carbocycles. The maximum atomic E-state index is 5.48. The van der Waals surface area contributed by atoms with Crippen molar-refractivity contribution in [1.29, 1.82) is 0 Å². The highest BCUT2D eigenvalue weighted by Crippen LogP contribution is 2.03. The molecular formula is C9H17N3OS. The van der Waals surface area contributed by atoms with Crippen LogP contribution in [0.25, 0.3) is 0 Å². The zero-order valence-electron chi connectivity index (χ0n) is 8.91. The molecule has 0 amide bonds. The van der Waals surface area contributed by atoms with E-state index in [1.54, 1.807) is 0 Å². The zero-order chi connectivity index (χ0) is 10.6. The van der Waals surface area contributed by atoms with Gasteiger partial charge in [-0.25, -0.2) is 0 Å². The van der Waals surface area contributed by atoms with Crippen molar-refractivity contribution in [3.63, 3.8) is 0 Å². The normalized spacial score (nSPS) is 11.1. The maximum absolute atomic E-state index is 5.48. The van der Waals surface area contributed by atoms with Crippen molar-refractivity contribution in [1.82, 2.24) is 14.8 Å².